The summed E-state index contributed by atoms with van der Waals surface area (Å²) >= 11 is 0. The lowest BCUT2D eigenvalue weighted by Gasteiger charge is -2.22. The highest BCUT2D eigenvalue weighted by Crippen LogP contribution is 2.28. The SMILES string of the molecule is COC(=O)c1ccc(OCCCOC2CCCCO2)c(OC)c1. The average Bonchev–Trinajstić information content (AvgIpc) is 2.61. The molecule has 0 amide bonds. The van der Waals surface area contributed by atoms with Gasteiger partial charge in [-0.15, -0.1) is 0 Å². The standard InChI is InChI=1S/C17H24O6/c1-19-15-12-13(17(18)20-2)7-8-14(15)21-10-5-11-23-16-6-3-4-9-22-16/h7-8,12,16H,3-6,9-11H2,1-2H3. The third-order valence-corrected chi connectivity index (χ3v) is 3.57. The zero-order valence-corrected chi connectivity index (χ0v) is 13.7. The molecule has 2 rings (SSSR count). The van der Waals surface area contributed by atoms with E-state index < -0.39 is 5.97 Å². The van der Waals surface area contributed by atoms with Crippen molar-refractivity contribution in [2.24, 2.45) is 0 Å². The molecule has 0 radical (unpaired) electrons. The van der Waals surface area contributed by atoms with E-state index in [4.69, 9.17) is 18.9 Å². The van der Waals surface area contributed by atoms with Gasteiger partial charge in [0.2, 0.25) is 0 Å². The molecule has 1 unspecified atom stereocenters. The Morgan fingerprint density at radius 3 is 2.78 bits per heavy atom. The molecule has 0 aliphatic carbocycles. The summed E-state index contributed by atoms with van der Waals surface area (Å²) in [7, 11) is 2.88. The number of benzene rings is 1. The summed E-state index contributed by atoms with van der Waals surface area (Å²) in [4.78, 5) is 11.5. The molecule has 1 aromatic carbocycles. The van der Waals surface area contributed by atoms with E-state index in [-0.39, 0.29) is 6.29 Å². The molecule has 0 bridgehead atoms. The van der Waals surface area contributed by atoms with Gasteiger partial charge in [0, 0.05) is 13.0 Å². The molecular formula is C17H24O6. The minimum atomic E-state index is -0.407. The Labute approximate surface area is 136 Å². The molecule has 0 aromatic heterocycles. The van der Waals surface area contributed by atoms with E-state index in [0.29, 0.717) is 30.3 Å². The van der Waals surface area contributed by atoms with Crippen LogP contribution in [0.3, 0.4) is 0 Å². The van der Waals surface area contributed by atoms with E-state index in [9.17, 15) is 4.79 Å². The molecular weight excluding hydrogens is 300 g/mol. The average molecular weight is 324 g/mol. The number of methoxy groups -OCH3 is 2. The summed E-state index contributed by atoms with van der Waals surface area (Å²) in [6, 6.07) is 4.96. The maximum atomic E-state index is 11.5. The fraction of sp³-hybridized carbons (Fsp3) is 0.588. The van der Waals surface area contributed by atoms with Crippen molar-refractivity contribution in [2.45, 2.75) is 32.0 Å². The van der Waals surface area contributed by atoms with Gasteiger partial charge in [-0.1, -0.05) is 0 Å². The normalized spacial score (nSPS) is 17.6. The van der Waals surface area contributed by atoms with Crippen LogP contribution in [-0.2, 0) is 14.2 Å². The highest BCUT2D eigenvalue weighted by Gasteiger charge is 2.14. The Bertz CT molecular complexity index is 496. The molecule has 23 heavy (non-hydrogen) atoms. The van der Waals surface area contributed by atoms with Crippen LogP contribution >= 0.6 is 0 Å². The predicted octanol–water partition coefficient (Wildman–Crippen LogP) is 2.79. The third kappa shape index (κ3) is 5.41. The van der Waals surface area contributed by atoms with E-state index in [0.717, 1.165) is 32.3 Å². The van der Waals surface area contributed by atoms with Crippen LogP contribution in [0.5, 0.6) is 11.5 Å². The number of carbonyl (C=O) groups excluding carboxylic acids is 1. The summed E-state index contributed by atoms with van der Waals surface area (Å²) in [5.41, 5.74) is 0.425. The van der Waals surface area contributed by atoms with Crippen molar-refractivity contribution < 1.29 is 28.5 Å². The van der Waals surface area contributed by atoms with Crippen LogP contribution in [0, 0.1) is 0 Å². The quantitative estimate of drug-likeness (QED) is 0.541. The summed E-state index contributed by atoms with van der Waals surface area (Å²) in [5, 5.41) is 0. The van der Waals surface area contributed by atoms with Gasteiger partial charge in [0.05, 0.1) is 33.0 Å². The van der Waals surface area contributed by atoms with Crippen molar-refractivity contribution in [3.63, 3.8) is 0 Å². The van der Waals surface area contributed by atoms with Gasteiger partial charge < -0.3 is 23.7 Å². The molecule has 6 nitrogen and oxygen atoms in total. The predicted molar refractivity (Wildman–Crippen MR) is 84.0 cm³/mol. The van der Waals surface area contributed by atoms with Crippen LogP contribution < -0.4 is 9.47 Å². The zero-order chi connectivity index (χ0) is 16.5. The molecule has 1 aliphatic rings. The van der Waals surface area contributed by atoms with Gasteiger partial charge in [0.15, 0.2) is 17.8 Å². The summed E-state index contributed by atoms with van der Waals surface area (Å²) in [6.45, 7) is 1.87. The maximum Gasteiger partial charge on any atom is 0.337 e. The molecule has 0 saturated carbocycles. The molecule has 6 heteroatoms. The number of esters is 1. The van der Waals surface area contributed by atoms with Crippen molar-refractivity contribution >= 4 is 5.97 Å². The van der Waals surface area contributed by atoms with Crippen LogP contribution in [-0.4, -0.2) is 46.3 Å². The molecule has 1 aromatic rings. The Kier molecular flexibility index (Phi) is 7.16. The third-order valence-electron chi connectivity index (χ3n) is 3.57. The van der Waals surface area contributed by atoms with E-state index in [1.165, 1.54) is 14.2 Å². The molecule has 128 valence electrons. The van der Waals surface area contributed by atoms with E-state index >= 15 is 0 Å². The lowest BCUT2D eigenvalue weighted by molar-refractivity contribution is -0.163. The Morgan fingerprint density at radius 2 is 2.09 bits per heavy atom. The van der Waals surface area contributed by atoms with E-state index in [1.54, 1.807) is 18.2 Å². The van der Waals surface area contributed by atoms with Gasteiger partial charge >= 0.3 is 5.97 Å². The van der Waals surface area contributed by atoms with Crippen molar-refractivity contribution in [1.29, 1.82) is 0 Å². The number of hydrogen-bond acceptors (Lipinski definition) is 6. The molecule has 1 heterocycles. The molecule has 1 fully saturated rings. The maximum absolute atomic E-state index is 11.5. The van der Waals surface area contributed by atoms with Crippen LogP contribution in [0.25, 0.3) is 0 Å². The van der Waals surface area contributed by atoms with E-state index in [1.807, 2.05) is 0 Å². The number of carbonyl (C=O) groups is 1. The lowest BCUT2D eigenvalue weighted by atomic mass is 10.2. The summed E-state index contributed by atoms with van der Waals surface area (Å²) in [6.07, 6.45) is 3.92. The van der Waals surface area contributed by atoms with Gasteiger partial charge in [0.1, 0.15) is 0 Å². The van der Waals surface area contributed by atoms with Crippen LogP contribution in [0.2, 0.25) is 0 Å². The fourth-order valence-electron chi connectivity index (χ4n) is 2.33. The van der Waals surface area contributed by atoms with Gasteiger partial charge in [-0.05, 0) is 37.5 Å². The largest absolute Gasteiger partial charge is 0.493 e. The first kappa shape index (κ1) is 17.6. The molecule has 1 aliphatic heterocycles. The minimum Gasteiger partial charge on any atom is -0.493 e. The first-order valence-electron chi connectivity index (χ1n) is 7.87. The smallest absolute Gasteiger partial charge is 0.337 e. The Hall–Kier alpha value is -1.79. The first-order chi connectivity index (χ1) is 11.2. The molecule has 0 N–H and O–H groups in total. The Morgan fingerprint density at radius 1 is 1.22 bits per heavy atom. The highest BCUT2D eigenvalue weighted by atomic mass is 16.7. The second-order valence-corrected chi connectivity index (χ2v) is 5.23. The molecule has 1 saturated heterocycles. The van der Waals surface area contributed by atoms with Crippen molar-refractivity contribution in [2.75, 3.05) is 34.0 Å². The second-order valence-electron chi connectivity index (χ2n) is 5.23. The van der Waals surface area contributed by atoms with Gasteiger partial charge in [-0.2, -0.15) is 0 Å². The van der Waals surface area contributed by atoms with Crippen molar-refractivity contribution in [1.82, 2.24) is 0 Å². The number of rotatable bonds is 8. The number of ether oxygens (including phenoxy) is 5. The topological polar surface area (TPSA) is 63.2 Å². The van der Waals surface area contributed by atoms with Gasteiger partial charge in [-0.25, -0.2) is 4.79 Å². The van der Waals surface area contributed by atoms with Crippen LogP contribution in [0.15, 0.2) is 18.2 Å². The van der Waals surface area contributed by atoms with Gasteiger partial charge in [-0.3, -0.25) is 0 Å². The Balaban J connectivity index is 1.75. The molecule has 0 spiro atoms. The summed E-state index contributed by atoms with van der Waals surface area (Å²) < 4.78 is 26.8. The highest BCUT2D eigenvalue weighted by molar-refractivity contribution is 5.90. The van der Waals surface area contributed by atoms with Crippen molar-refractivity contribution in [3.05, 3.63) is 23.8 Å². The molecule has 1 atom stereocenters. The van der Waals surface area contributed by atoms with Crippen LogP contribution in [0.4, 0.5) is 0 Å². The van der Waals surface area contributed by atoms with Gasteiger partial charge in [0.25, 0.3) is 0 Å². The zero-order valence-electron chi connectivity index (χ0n) is 13.7. The monoisotopic (exact) mass is 324 g/mol. The lowest BCUT2D eigenvalue weighted by Crippen LogP contribution is -2.23. The minimum absolute atomic E-state index is 0.0716. The number of hydrogen-bond donors (Lipinski definition) is 0. The first-order valence-corrected chi connectivity index (χ1v) is 7.87. The second kappa shape index (κ2) is 9.37. The fourth-order valence-corrected chi connectivity index (χ4v) is 2.33. The van der Waals surface area contributed by atoms with Crippen LogP contribution in [0.1, 0.15) is 36.0 Å². The van der Waals surface area contributed by atoms with E-state index in [2.05, 4.69) is 4.74 Å². The van der Waals surface area contributed by atoms with Crippen molar-refractivity contribution in [3.8, 4) is 11.5 Å². The summed E-state index contributed by atoms with van der Waals surface area (Å²) in [5.74, 6) is 0.689.